The predicted molar refractivity (Wildman–Crippen MR) is 474 cm³/mol. The molecule has 15 amide bonds. The van der Waals surface area contributed by atoms with E-state index in [2.05, 4.69) is 52.8 Å². The molecule has 3 saturated heterocycles. The Morgan fingerprint density at radius 2 is 1.12 bits per heavy atom. The summed E-state index contributed by atoms with van der Waals surface area (Å²) in [6, 6.07) is 2.48. The molecule has 4 heterocycles. The molecule has 3 fully saturated rings. The first-order chi connectivity index (χ1) is 63.6. The van der Waals surface area contributed by atoms with E-state index >= 15 is 51.9 Å². The van der Waals surface area contributed by atoms with Crippen LogP contribution in [0.2, 0.25) is 0 Å². The van der Waals surface area contributed by atoms with E-state index in [9.17, 15) is 67.6 Å². The van der Waals surface area contributed by atoms with E-state index in [1.54, 1.807) is 67.7 Å². The van der Waals surface area contributed by atoms with Crippen molar-refractivity contribution in [3.63, 3.8) is 0 Å². The summed E-state index contributed by atoms with van der Waals surface area (Å²) < 4.78 is 65.4. The summed E-state index contributed by atoms with van der Waals surface area (Å²) in [5.74, 6) is -28.6. The van der Waals surface area contributed by atoms with Crippen LogP contribution in [0.4, 0.5) is 17.6 Å². The van der Waals surface area contributed by atoms with Crippen LogP contribution in [-0.2, 0) is 118 Å². The van der Waals surface area contributed by atoms with Crippen molar-refractivity contribution >= 4 is 123 Å². The number of carbonyl (C=O) groups is 17. The third-order valence-corrected chi connectivity index (χ3v) is 24.2. The number of nitrogens with zero attached hydrogens (tertiary/aromatic N) is 5. The number of halogens is 4. The Morgan fingerprint density at radius 3 is 1.76 bits per heavy atom. The molecular formula is C90H111F4N17O22S. The molecule has 9 rings (SSSR count). The van der Waals surface area contributed by atoms with Crippen molar-refractivity contribution < 1.29 is 124 Å². The highest BCUT2D eigenvalue weighted by Crippen LogP contribution is 2.28. The topological polar surface area (TPSA) is 573 Å². The predicted octanol–water partition coefficient (Wildman–Crippen LogP) is -1.02. The van der Waals surface area contributed by atoms with Crippen LogP contribution in [0, 0.1) is 29.2 Å². The fourth-order valence-corrected chi connectivity index (χ4v) is 16.6. The number of nitrogens with one attached hydrogen (secondary N) is 10. The molecule has 6 aromatic rings. The normalized spacial score (nSPS) is 24.1. The number of benzene rings is 5. The standard InChI is InChI=1S/C90H111F4N17O22S/c1-7-8-18-67-89(131)111-43-55(113)38-69(111)84(126)103-63(39-75(118)119)81(123)106-77(47(2)3)90(132)108(5)68(35-48-14-10-9-11-15-48)83(125)100-60(27-28-74(116)117)87(129)110-29-30-133-44-71(110)85(127)102-62(37-52-41-97-59-17-13-12-16-56(52)59)80(122)101-61(33-49-21-25-54(112)26-22-49)79(121)104-65(40-95)82(124)105-66(78(120)98-42-72(96)114)45-134-46-73(115)99-64(34-51-31-57(92)76(94)58(93)32-51)86(128)109(6)70(88(130)107(67)4)36-50-19-23-53(91)24-20-50/h9-17,19-26,31-32,41,47,55,60-71,77,97,112-113H,7-8,18,27-30,33-40,42-46,95H2,1-6H3,(H2,96,114)(H,98,120)(H,99,115)(H,100,125)(H,101,122)(H,102,127)(H,103,126)(H,104,121)(H,105,124)(H,106,123)(H,116,117)(H,118,119)/t55-,60+,61+,62-,63+,64+,65+,66+,67+,68+,69-,70+,71-,77-/m1/s1. The minimum Gasteiger partial charge on any atom is -0.508 e. The lowest BCUT2D eigenvalue weighted by Gasteiger charge is -2.38. The van der Waals surface area contributed by atoms with Gasteiger partial charge in [-0.05, 0) is 89.0 Å². The van der Waals surface area contributed by atoms with Crippen LogP contribution in [0.25, 0.3) is 10.9 Å². The SMILES string of the molecule is CCCC[C@H]1C(=O)N2C[C@H](O)C[C@@H]2C(=O)N[C@@H](CC(=O)O)C(=O)N[C@H](C(C)C)C(=O)N(C)[C@@H](Cc2ccccc2)C(=O)N[C@@H](CCC(=O)O)C(=O)N2CCOC[C@@H]2C(=O)N[C@H](Cc2c[nH]c3ccccc23)C(=O)N[C@@H](Cc2ccc(O)cc2)C(=O)N[C@@H](CN)C(=O)N[C@H](C(=O)NCC(N)=O)CSCC(=O)N[C@@H](Cc2cc(F)c(F)c(F)c2)C(=O)N(C)[C@@H](Cc2ccc(F)cc2)C(=O)N1C. The van der Waals surface area contributed by atoms with Crippen molar-refractivity contribution in [2.24, 2.45) is 17.4 Å². The number of aromatic amines is 1. The Labute approximate surface area is 771 Å². The summed E-state index contributed by atoms with van der Waals surface area (Å²) in [7, 11) is 3.41. The maximum absolute atomic E-state index is 15.7. The first-order valence-electron chi connectivity index (χ1n) is 43.3. The molecule has 3 aliphatic heterocycles. The number of aliphatic hydroxyl groups excluding tert-OH is 1. The average Bonchev–Trinajstić information content (AvgIpc) is 1.69. The number of rotatable bonds is 23. The van der Waals surface area contributed by atoms with E-state index in [1.807, 2.05) is 0 Å². The summed E-state index contributed by atoms with van der Waals surface area (Å²) in [6.45, 7) is 1.24. The highest BCUT2D eigenvalue weighted by molar-refractivity contribution is 8.00. The lowest BCUT2D eigenvalue weighted by Crippen LogP contribution is -2.64. The molecule has 18 N–H and O–H groups in total. The van der Waals surface area contributed by atoms with Crippen molar-refractivity contribution in [2.45, 2.75) is 182 Å². The number of para-hydroxylation sites is 1. The van der Waals surface area contributed by atoms with Crippen LogP contribution >= 0.6 is 11.8 Å². The van der Waals surface area contributed by atoms with Crippen molar-refractivity contribution in [1.82, 2.24) is 77.3 Å². The van der Waals surface area contributed by atoms with Crippen LogP contribution in [-0.4, -0.2) is 307 Å². The molecule has 1 aromatic heterocycles. The smallest absolute Gasteiger partial charge is 0.305 e. The number of unbranched alkanes of at least 4 members (excludes halogenated alkanes) is 1. The lowest BCUT2D eigenvalue weighted by molar-refractivity contribution is -0.152. The zero-order chi connectivity index (χ0) is 98.1. The molecule has 0 unspecified atom stereocenters. The van der Waals surface area contributed by atoms with E-state index in [-0.39, 0.29) is 49.2 Å². The molecule has 14 atom stereocenters. The van der Waals surface area contributed by atoms with Crippen molar-refractivity contribution in [2.75, 3.05) is 72.0 Å². The molecule has 0 saturated carbocycles. The maximum atomic E-state index is 15.7. The maximum Gasteiger partial charge on any atom is 0.305 e. The Kier molecular flexibility index (Phi) is 37.8. The number of nitrogens with two attached hydrogens (primary N) is 2. The van der Waals surface area contributed by atoms with E-state index in [0.717, 1.165) is 50.7 Å². The Bertz CT molecular complexity index is 5250. The quantitative estimate of drug-likeness (QED) is 0.0270. The number of fused-ring (bicyclic) bond motifs is 3. The number of morpholine rings is 1. The largest absolute Gasteiger partial charge is 0.508 e. The number of thioether (sulfide) groups is 1. The van der Waals surface area contributed by atoms with E-state index in [1.165, 1.54) is 57.3 Å². The number of hydrogen-bond donors (Lipinski definition) is 16. The van der Waals surface area contributed by atoms with Gasteiger partial charge in [0.2, 0.25) is 88.6 Å². The van der Waals surface area contributed by atoms with Crippen LogP contribution in [0.3, 0.4) is 0 Å². The number of carbonyl (C=O) groups excluding carboxylic acids is 15. The Balaban J connectivity index is 1.14. The third kappa shape index (κ3) is 28.5. The number of amides is 15. The summed E-state index contributed by atoms with van der Waals surface area (Å²) in [5, 5.41) is 65.1. The van der Waals surface area contributed by atoms with Crippen LogP contribution in [0.5, 0.6) is 5.75 Å². The molecule has 44 heteroatoms. The molecule has 3 aliphatic rings. The van der Waals surface area contributed by atoms with E-state index < -0.39 is 309 Å². The Hall–Kier alpha value is -13.6. The van der Waals surface area contributed by atoms with Gasteiger partial charge in [0.1, 0.15) is 90.1 Å². The van der Waals surface area contributed by atoms with E-state index in [0.29, 0.717) is 52.3 Å². The fourth-order valence-electron chi connectivity index (χ4n) is 15.8. The number of hydrogen-bond acceptors (Lipinski definition) is 22. The monoisotopic (exact) mass is 1890 g/mol. The number of carboxylic acids is 2. The first kappa shape index (κ1) is 104. The first-order valence-corrected chi connectivity index (χ1v) is 44.4. The second kappa shape index (κ2) is 48.7. The minimum absolute atomic E-state index is 0.168. The fraction of sp³-hybridized carbons (Fsp3) is 0.456. The van der Waals surface area contributed by atoms with Crippen molar-refractivity contribution in [3.05, 3.63) is 173 Å². The number of phenolic OH excluding ortho intramolecular Hbond substituents is 1. The van der Waals surface area contributed by atoms with Gasteiger partial charge >= 0.3 is 11.9 Å². The lowest BCUT2D eigenvalue weighted by atomic mass is 9.98. The van der Waals surface area contributed by atoms with Gasteiger partial charge in [0, 0.05) is 109 Å². The molecule has 0 radical (unpaired) electrons. The molecular weight excluding hydrogens is 1780 g/mol. The van der Waals surface area contributed by atoms with Gasteiger partial charge in [0.25, 0.3) is 0 Å². The minimum atomic E-state index is -2.09. The van der Waals surface area contributed by atoms with Gasteiger partial charge in [-0.25, -0.2) is 17.6 Å². The molecule has 39 nitrogen and oxygen atoms in total. The van der Waals surface area contributed by atoms with Gasteiger partial charge in [-0.1, -0.05) is 106 Å². The summed E-state index contributed by atoms with van der Waals surface area (Å²) in [4.78, 5) is 256. The van der Waals surface area contributed by atoms with Crippen molar-refractivity contribution in [1.29, 1.82) is 0 Å². The number of likely N-dealkylation sites (N-methyl/N-ethyl adjacent to an activating group) is 3. The van der Waals surface area contributed by atoms with Gasteiger partial charge in [0.15, 0.2) is 17.5 Å². The van der Waals surface area contributed by atoms with Crippen LogP contribution in [0.15, 0.2) is 121 Å². The van der Waals surface area contributed by atoms with Gasteiger partial charge in [-0.2, -0.15) is 0 Å². The molecule has 0 bridgehead atoms. The van der Waals surface area contributed by atoms with Gasteiger partial charge in [-0.15, -0.1) is 11.8 Å². The van der Waals surface area contributed by atoms with E-state index in [4.69, 9.17) is 16.2 Å². The highest BCUT2D eigenvalue weighted by Gasteiger charge is 2.48. The average molecular weight is 1890 g/mol. The second-order valence-electron chi connectivity index (χ2n) is 33.3. The number of carboxylic acid groups (broad SMARTS) is 2. The molecule has 722 valence electrons. The summed E-state index contributed by atoms with van der Waals surface area (Å²) in [5.41, 5.74) is 13.0. The second-order valence-corrected chi connectivity index (χ2v) is 34.3. The summed E-state index contributed by atoms with van der Waals surface area (Å²) >= 11 is 0.579. The highest BCUT2D eigenvalue weighted by atomic mass is 32.2. The zero-order valence-electron chi connectivity index (χ0n) is 74.3. The summed E-state index contributed by atoms with van der Waals surface area (Å²) in [6.07, 6.45) is -5.35. The van der Waals surface area contributed by atoms with Gasteiger partial charge in [0.05, 0.1) is 38.0 Å². The number of H-pyrrole nitrogens is 1. The molecule has 5 aromatic carbocycles. The molecule has 134 heavy (non-hydrogen) atoms. The molecule has 0 spiro atoms. The number of primary amides is 1. The number of aromatic hydroxyl groups is 1. The van der Waals surface area contributed by atoms with Crippen LogP contribution in [0.1, 0.15) is 93.5 Å². The Morgan fingerprint density at radius 1 is 0.560 bits per heavy atom. The van der Waals surface area contributed by atoms with Gasteiger partial charge in [-0.3, -0.25) is 81.5 Å². The molecule has 0 aliphatic carbocycles. The number of aliphatic carboxylic acids is 2. The number of aliphatic hydroxyl groups is 1. The third-order valence-electron chi connectivity index (χ3n) is 23.2. The number of ether oxygens (including phenoxy) is 1. The number of aromatic nitrogens is 1. The van der Waals surface area contributed by atoms with Gasteiger partial charge < -0.3 is 114 Å². The number of phenols is 1. The van der Waals surface area contributed by atoms with Crippen LogP contribution < -0.4 is 59.3 Å². The zero-order valence-corrected chi connectivity index (χ0v) is 75.1. The van der Waals surface area contributed by atoms with Crippen molar-refractivity contribution in [3.8, 4) is 5.75 Å².